The van der Waals surface area contributed by atoms with Gasteiger partial charge in [0.2, 0.25) is 5.75 Å². The van der Waals surface area contributed by atoms with Crippen LogP contribution in [0.1, 0.15) is 72.1 Å². The molecule has 0 aliphatic carbocycles. The van der Waals surface area contributed by atoms with Gasteiger partial charge in [0.15, 0.2) is 5.41 Å². The summed E-state index contributed by atoms with van der Waals surface area (Å²) in [6.07, 6.45) is 6.74. The fourth-order valence-electron chi connectivity index (χ4n) is 2.99. The fraction of sp³-hybridized carbons (Fsp3) is 0.619. The number of hydrogen-bond acceptors (Lipinski definition) is 6. The average molecular weight is 393 g/mol. The van der Waals surface area contributed by atoms with E-state index in [1.807, 2.05) is 0 Å². The quantitative estimate of drug-likeness (QED) is 0.114. The molecule has 0 heterocycles. The molecule has 1 rings (SSSR count). The second-order valence-electron chi connectivity index (χ2n) is 6.81. The van der Waals surface area contributed by atoms with Crippen LogP contribution in [0.3, 0.4) is 0 Å². The van der Waals surface area contributed by atoms with Gasteiger partial charge in [0, 0.05) is 6.07 Å². The first-order valence-corrected chi connectivity index (χ1v) is 10.1. The molecule has 7 nitrogen and oxygen atoms in total. The summed E-state index contributed by atoms with van der Waals surface area (Å²) in [6.45, 7) is 5.82. The van der Waals surface area contributed by atoms with Crippen molar-refractivity contribution in [2.24, 2.45) is 5.41 Å². The summed E-state index contributed by atoms with van der Waals surface area (Å²) >= 11 is 0. The molecule has 0 aliphatic rings. The summed E-state index contributed by atoms with van der Waals surface area (Å²) < 4.78 is 10.6. The maximum atomic E-state index is 12.8. The average Bonchev–Trinajstić information content (AvgIpc) is 2.69. The third-order valence-corrected chi connectivity index (χ3v) is 4.98. The molecule has 0 saturated heterocycles. The molecule has 1 aromatic rings. The lowest BCUT2D eigenvalue weighted by atomic mass is 9.82. The highest BCUT2D eigenvalue weighted by Crippen LogP contribution is 2.33. The minimum absolute atomic E-state index is 0.174. The molecule has 1 aromatic carbocycles. The number of carbonyl (C=O) groups is 2. The second-order valence-corrected chi connectivity index (χ2v) is 6.81. The van der Waals surface area contributed by atoms with Crippen molar-refractivity contribution in [3.63, 3.8) is 0 Å². The zero-order valence-electron chi connectivity index (χ0n) is 17.1. The van der Waals surface area contributed by atoms with Crippen LogP contribution in [0.5, 0.6) is 5.75 Å². The molecule has 7 heteroatoms. The van der Waals surface area contributed by atoms with Crippen LogP contribution in [0.15, 0.2) is 24.3 Å². The molecule has 0 bridgehead atoms. The van der Waals surface area contributed by atoms with Crippen molar-refractivity contribution in [3.8, 4) is 5.75 Å². The van der Waals surface area contributed by atoms with Gasteiger partial charge in [-0.25, -0.2) is 0 Å². The number of para-hydroxylation sites is 2. The van der Waals surface area contributed by atoms with Gasteiger partial charge in [-0.1, -0.05) is 65.0 Å². The van der Waals surface area contributed by atoms with Crippen LogP contribution in [-0.4, -0.2) is 23.5 Å². The summed E-state index contributed by atoms with van der Waals surface area (Å²) in [5.74, 6) is -1.62. The van der Waals surface area contributed by atoms with E-state index in [2.05, 4.69) is 6.92 Å². The molecular formula is C21H31NO6. The summed E-state index contributed by atoms with van der Waals surface area (Å²) in [4.78, 5) is 35.9. The summed E-state index contributed by atoms with van der Waals surface area (Å²) in [6, 6.07) is 5.61. The number of hydrogen-bond donors (Lipinski definition) is 0. The van der Waals surface area contributed by atoms with Crippen molar-refractivity contribution in [2.45, 2.75) is 72.1 Å². The molecule has 0 aliphatic heterocycles. The zero-order valence-corrected chi connectivity index (χ0v) is 17.1. The molecular weight excluding hydrogens is 362 g/mol. The molecule has 0 amide bonds. The first-order chi connectivity index (χ1) is 13.4. The van der Waals surface area contributed by atoms with Crippen LogP contribution in [0.2, 0.25) is 0 Å². The van der Waals surface area contributed by atoms with Crippen LogP contribution < -0.4 is 4.74 Å². The van der Waals surface area contributed by atoms with Crippen LogP contribution in [0.4, 0.5) is 5.69 Å². The minimum Gasteiger partial charge on any atom is -0.465 e. The number of benzene rings is 1. The fourth-order valence-corrected chi connectivity index (χ4v) is 2.99. The molecule has 0 atom stereocenters. The highest BCUT2D eigenvalue weighted by Gasteiger charge is 2.46. The van der Waals surface area contributed by atoms with Gasteiger partial charge in [-0.3, -0.25) is 19.7 Å². The van der Waals surface area contributed by atoms with E-state index in [9.17, 15) is 19.7 Å². The van der Waals surface area contributed by atoms with Crippen LogP contribution >= 0.6 is 0 Å². The Morgan fingerprint density at radius 2 is 1.57 bits per heavy atom. The summed E-state index contributed by atoms with van der Waals surface area (Å²) in [5.41, 5.74) is -1.79. The third-order valence-electron chi connectivity index (χ3n) is 4.98. The summed E-state index contributed by atoms with van der Waals surface area (Å²) in [7, 11) is 0. The standard InChI is InChI=1S/C21H31NO6/c1-4-7-8-9-10-13-16-27-19(23)21(5-2,6-3)20(24)28-18-15-12-11-14-17(18)22(25)26/h11-12,14-15H,4-10,13,16H2,1-3H3. The number of nitrogens with zero attached hydrogens (tertiary/aromatic N) is 1. The number of esters is 2. The van der Waals surface area contributed by atoms with Gasteiger partial charge >= 0.3 is 17.6 Å². The van der Waals surface area contributed by atoms with Crippen molar-refractivity contribution < 1.29 is 24.0 Å². The van der Waals surface area contributed by atoms with Crippen LogP contribution in [0, 0.1) is 15.5 Å². The third kappa shape index (κ3) is 6.32. The first-order valence-electron chi connectivity index (χ1n) is 10.1. The van der Waals surface area contributed by atoms with E-state index < -0.39 is 22.3 Å². The number of rotatable bonds is 13. The van der Waals surface area contributed by atoms with Crippen molar-refractivity contribution in [1.82, 2.24) is 0 Å². The van der Waals surface area contributed by atoms with Crippen molar-refractivity contribution in [1.29, 1.82) is 0 Å². The molecule has 0 N–H and O–H groups in total. The number of carbonyl (C=O) groups excluding carboxylic acids is 2. The van der Waals surface area contributed by atoms with Crippen LogP contribution in [0.25, 0.3) is 0 Å². The molecule has 28 heavy (non-hydrogen) atoms. The number of nitro benzene ring substituents is 1. The minimum atomic E-state index is -1.47. The SMILES string of the molecule is CCCCCCCCOC(=O)C(CC)(CC)C(=O)Oc1ccccc1[N+](=O)[O-]. The lowest BCUT2D eigenvalue weighted by Gasteiger charge is -2.26. The normalized spacial score (nSPS) is 11.1. The number of unbranched alkanes of at least 4 members (excludes halogenated alkanes) is 5. The van der Waals surface area contributed by atoms with Gasteiger partial charge in [0.1, 0.15) is 0 Å². The van der Waals surface area contributed by atoms with Crippen LogP contribution in [-0.2, 0) is 14.3 Å². The molecule has 0 unspecified atom stereocenters. The molecule has 0 saturated carbocycles. The van der Waals surface area contributed by atoms with E-state index in [0.29, 0.717) is 0 Å². The Hall–Kier alpha value is -2.44. The Labute approximate surface area is 166 Å². The number of ether oxygens (including phenoxy) is 2. The highest BCUT2D eigenvalue weighted by molar-refractivity contribution is 6.01. The van der Waals surface area contributed by atoms with Gasteiger partial charge < -0.3 is 9.47 Å². The Bertz CT molecular complexity index is 654. The molecule has 0 fully saturated rings. The molecule has 0 aromatic heterocycles. The topological polar surface area (TPSA) is 95.7 Å². The zero-order chi connectivity index (χ0) is 21.0. The summed E-state index contributed by atoms with van der Waals surface area (Å²) in [5, 5.41) is 11.1. The number of nitro groups is 1. The predicted molar refractivity (Wildman–Crippen MR) is 106 cm³/mol. The lowest BCUT2D eigenvalue weighted by Crippen LogP contribution is -2.42. The predicted octanol–water partition coefficient (Wildman–Crippen LogP) is 5.21. The molecule has 0 radical (unpaired) electrons. The van der Waals surface area contributed by atoms with Gasteiger partial charge in [-0.15, -0.1) is 0 Å². The Morgan fingerprint density at radius 3 is 2.18 bits per heavy atom. The molecule has 156 valence electrons. The van der Waals surface area contributed by atoms with Gasteiger partial charge in [0.05, 0.1) is 11.5 Å². The Balaban J connectivity index is 2.74. The largest absolute Gasteiger partial charge is 0.465 e. The maximum absolute atomic E-state index is 12.8. The van der Waals surface area contributed by atoms with Crippen molar-refractivity contribution >= 4 is 17.6 Å². The monoisotopic (exact) mass is 393 g/mol. The van der Waals surface area contributed by atoms with E-state index in [1.54, 1.807) is 13.8 Å². The molecule has 0 spiro atoms. The van der Waals surface area contributed by atoms with Crippen molar-refractivity contribution in [3.05, 3.63) is 34.4 Å². The van der Waals surface area contributed by atoms with Gasteiger partial charge in [-0.2, -0.15) is 0 Å². The van der Waals surface area contributed by atoms with E-state index >= 15 is 0 Å². The van der Waals surface area contributed by atoms with E-state index in [0.717, 1.165) is 19.3 Å². The van der Waals surface area contributed by atoms with E-state index in [1.165, 1.54) is 43.5 Å². The first kappa shape index (κ1) is 23.6. The van der Waals surface area contributed by atoms with E-state index in [-0.39, 0.29) is 30.9 Å². The smallest absolute Gasteiger partial charge is 0.329 e. The lowest BCUT2D eigenvalue weighted by molar-refractivity contribution is -0.385. The highest BCUT2D eigenvalue weighted by atomic mass is 16.6. The van der Waals surface area contributed by atoms with E-state index in [4.69, 9.17) is 9.47 Å². The second kappa shape index (κ2) is 12.1. The van der Waals surface area contributed by atoms with Gasteiger partial charge in [-0.05, 0) is 25.3 Å². The van der Waals surface area contributed by atoms with Crippen molar-refractivity contribution in [2.75, 3.05) is 6.61 Å². The Morgan fingerprint density at radius 1 is 0.964 bits per heavy atom. The Kier molecular flexibility index (Phi) is 10.2. The maximum Gasteiger partial charge on any atom is 0.329 e. The van der Waals surface area contributed by atoms with Gasteiger partial charge in [0.25, 0.3) is 0 Å².